The average Bonchev–Trinajstić information content (AvgIpc) is 3.72. The van der Waals surface area contributed by atoms with Crippen molar-refractivity contribution in [2.24, 2.45) is 7.05 Å². The number of nitrogens with one attached hydrogen (secondary N) is 1. The number of quaternary nitrogens is 1. The van der Waals surface area contributed by atoms with Crippen LogP contribution in [-0.2, 0) is 21.4 Å². The molecule has 43 heavy (non-hydrogen) atoms. The maximum absolute atomic E-state index is 13.7. The summed E-state index contributed by atoms with van der Waals surface area (Å²) in [5.41, 5.74) is 9.23. The summed E-state index contributed by atoms with van der Waals surface area (Å²) < 4.78 is 47.5. The Bertz CT molecular complexity index is 1950. The Morgan fingerprint density at radius 3 is 2.30 bits per heavy atom. The van der Waals surface area contributed by atoms with Gasteiger partial charge in [-0.25, -0.2) is 4.48 Å². The SMILES string of the molecule is CCNOS(=O)(=O)C1CCC[N+]12C(=Cc1oc3ccc(-c4ccccc4)cc3[n+]1C)Oc1ccc(-c3ccccc3)cc12. The molecule has 3 heterocycles. The van der Waals surface area contributed by atoms with Crippen molar-refractivity contribution < 1.29 is 26.4 Å². The van der Waals surface area contributed by atoms with Crippen LogP contribution in [0.4, 0.5) is 5.69 Å². The minimum atomic E-state index is -4.03. The third-order valence-corrected chi connectivity index (χ3v) is 10.0. The lowest BCUT2D eigenvalue weighted by Gasteiger charge is -2.32. The number of nitrogens with zero attached hydrogens (tertiary/aromatic N) is 2. The first-order chi connectivity index (χ1) is 20.9. The van der Waals surface area contributed by atoms with E-state index in [0.717, 1.165) is 39.0 Å². The number of hydrogen-bond donors (Lipinski definition) is 1. The van der Waals surface area contributed by atoms with E-state index in [1.54, 1.807) is 6.92 Å². The van der Waals surface area contributed by atoms with Gasteiger partial charge >= 0.3 is 21.9 Å². The second kappa shape index (κ2) is 10.8. The van der Waals surface area contributed by atoms with E-state index < -0.39 is 15.5 Å². The van der Waals surface area contributed by atoms with E-state index in [1.807, 2.05) is 90.5 Å². The number of aromatic nitrogens is 1. The van der Waals surface area contributed by atoms with Crippen LogP contribution in [0.1, 0.15) is 25.7 Å². The van der Waals surface area contributed by atoms with Crippen molar-refractivity contribution in [3.05, 3.63) is 109 Å². The zero-order chi connectivity index (χ0) is 29.6. The van der Waals surface area contributed by atoms with E-state index in [2.05, 4.69) is 29.7 Å². The molecule has 0 radical (unpaired) electrons. The second-order valence-corrected chi connectivity index (χ2v) is 12.6. The highest BCUT2D eigenvalue weighted by Gasteiger charge is 2.60. The fourth-order valence-electron chi connectivity index (χ4n) is 6.36. The molecule has 1 saturated heterocycles. The maximum atomic E-state index is 13.7. The minimum absolute atomic E-state index is 0.00392. The van der Waals surface area contributed by atoms with Crippen LogP contribution >= 0.6 is 0 Å². The summed E-state index contributed by atoms with van der Waals surface area (Å²) in [5.74, 6) is 1.67. The van der Waals surface area contributed by atoms with Gasteiger partial charge in [-0.1, -0.05) is 79.7 Å². The van der Waals surface area contributed by atoms with Crippen molar-refractivity contribution in [1.29, 1.82) is 0 Å². The molecular weight excluding hydrogens is 562 g/mol. The summed E-state index contributed by atoms with van der Waals surface area (Å²) in [4.78, 5) is 0. The topological polar surface area (TPSA) is 81.6 Å². The number of hydrogen-bond acceptors (Lipinski definition) is 6. The molecule has 0 saturated carbocycles. The third-order valence-electron chi connectivity index (χ3n) is 8.43. The Balaban J connectivity index is 1.38. The van der Waals surface area contributed by atoms with E-state index in [0.29, 0.717) is 43.5 Å². The zero-order valence-corrected chi connectivity index (χ0v) is 24.9. The van der Waals surface area contributed by atoms with Crippen LogP contribution in [0, 0.1) is 0 Å². The molecule has 218 valence electrons. The molecule has 1 N–H and O–H groups in total. The van der Waals surface area contributed by atoms with Crippen LogP contribution in [0.25, 0.3) is 39.4 Å². The number of hydroxylamine groups is 1. The molecule has 5 aromatic rings. The van der Waals surface area contributed by atoms with Gasteiger partial charge in [-0.05, 0) is 34.4 Å². The van der Waals surface area contributed by atoms with Crippen LogP contribution in [-0.4, -0.2) is 26.9 Å². The number of fused-ring (bicyclic) bond motifs is 3. The van der Waals surface area contributed by atoms with Crippen molar-refractivity contribution in [1.82, 2.24) is 9.96 Å². The van der Waals surface area contributed by atoms with E-state index in [9.17, 15) is 8.42 Å². The highest BCUT2D eigenvalue weighted by atomic mass is 32.2. The molecule has 0 amide bonds. The lowest BCUT2D eigenvalue weighted by molar-refractivity contribution is -0.652. The molecule has 1 spiro atoms. The summed E-state index contributed by atoms with van der Waals surface area (Å²) in [7, 11) is -2.08. The standard InChI is InChI=1S/C34H33N3O5S/c1-3-35-42-43(38,39)34-15-10-20-37(34)29-22-27(25-13-8-5-9-14-25)17-19-31(29)41-33(37)23-32-36(2)28-21-26(16-18-30(28)40-32)24-11-6-4-7-12-24/h4-9,11-14,16-19,21-23,34-35H,3,10,15,20H2,1-2H3/q+2. The lowest BCUT2D eigenvalue weighted by atomic mass is 10.0. The smallest absolute Gasteiger partial charge is 0.383 e. The molecule has 7 rings (SSSR count). The lowest BCUT2D eigenvalue weighted by Crippen LogP contribution is -2.55. The summed E-state index contributed by atoms with van der Waals surface area (Å²) >= 11 is 0. The van der Waals surface area contributed by atoms with Gasteiger partial charge in [-0.3, -0.25) is 0 Å². The Labute approximate surface area is 251 Å². The number of benzene rings is 4. The van der Waals surface area contributed by atoms with Crippen LogP contribution in [0.15, 0.2) is 107 Å². The molecule has 2 aliphatic heterocycles. The largest absolute Gasteiger partial charge is 0.406 e. The summed E-state index contributed by atoms with van der Waals surface area (Å²) in [5, 5.41) is -0.899. The Kier molecular flexibility index (Phi) is 6.90. The van der Waals surface area contributed by atoms with Crippen LogP contribution in [0.3, 0.4) is 0 Å². The van der Waals surface area contributed by atoms with Crippen LogP contribution in [0.2, 0.25) is 0 Å². The quantitative estimate of drug-likeness (QED) is 0.136. The predicted octanol–water partition coefficient (Wildman–Crippen LogP) is 6.28. The Morgan fingerprint density at radius 1 is 0.930 bits per heavy atom. The summed E-state index contributed by atoms with van der Waals surface area (Å²) in [6, 6.07) is 32.3. The maximum Gasteiger partial charge on any atom is 0.383 e. The van der Waals surface area contributed by atoms with Crippen molar-refractivity contribution in [2.75, 3.05) is 13.1 Å². The molecule has 1 fully saturated rings. The first-order valence-electron chi connectivity index (χ1n) is 14.5. The van der Waals surface area contributed by atoms with Gasteiger partial charge in [-0.2, -0.15) is 22.7 Å². The number of ether oxygens (including phenoxy) is 1. The van der Waals surface area contributed by atoms with Gasteiger partial charge in [0.2, 0.25) is 11.0 Å². The van der Waals surface area contributed by atoms with Crippen molar-refractivity contribution in [3.8, 4) is 28.0 Å². The van der Waals surface area contributed by atoms with Gasteiger partial charge in [0, 0.05) is 31.5 Å². The number of oxazole rings is 1. The van der Waals surface area contributed by atoms with Gasteiger partial charge in [0.1, 0.15) is 7.05 Å². The Hall–Kier alpha value is -4.28. The molecule has 1 aromatic heterocycles. The summed E-state index contributed by atoms with van der Waals surface area (Å²) in [6.45, 7) is 2.70. The molecule has 0 aliphatic carbocycles. The van der Waals surface area contributed by atoms with Gasteiger partial charge in [-0.15, -0.1) is 0 Å². The highest BCUT2D eigenvalue weighted by molar-refractivity contribution is 7.87. The molecule has 2 unspecified atom stereocenters. The van der Waals surface area contributed by atoms with Crippen LogP contribution in [0.5, 0.6) is 5.75 Å². The zero-order valence-electron chi connectivity index (χ0n) is 24.1. The van der Waals surface area contributed by atoms with Crippen LogP contribution < -0.4 is 19.3 Å². The molecule has 2 aliphatic rings. The highest BCUT2D eigenvalue weighted by Crippen LogP contribution is 2.53. The second-order valence-electron chi connectivity index (χ2n) is 10.9. The van der Waals surface area contributed by atoms with Gasteiger partial charge in [0.25, 0.3) is 5.52 Å². The third kappa shape index (κ3) is 4.65. The average molecular weight is 596 g/mol. The Morgan fingerprint density at radius 2 is 1.60 bits per heavy atom. The molecule has 2 atom stereocenters. The van der Waals surface area contributed by atoms with Crippen molar-refractivity contribution >= 4 is 33.0 Å². The molecular formula is C34H33N3O5S+2. The molecule has 9 heteroatoms. The number of aryl methyl sites for hydroxylation is 1. The molecule has 0 bridgehead atoms. The molecule has 4 aromatic carbocycles. The minimum Gasteiger partial charge on any atom is -0.406 e. The normalized spacial score (nSPS) is 20.6. The fraction of sp³-hybridized carbons (Fsp3) is 0.206. The fourth-order valence-corrected chi connectivity index (χ4v) is 7.97. The first kappa shape index (κ1) is 27.5. The van der Waals surface area contributed by atoms with E-state index >= 15 is 0 Å². The van der Waals surface area contributed by atoms with Gasteiger partial charge in [0.15, 0.2) is 17.5 Å². The van der Waals surface area contributed by atoms with E-state index in [-0.39, 0.29) is 4.48 Å². The first-order valence-corrected chi connectivity index (χ1v) is 16.0. The summed E-state index contributed by atoms with van der Waals surface area (Å²) in [6.07, 6.45) is 2.95. The van der Waals surface area contributed by atoms with Crippen molar-refractivity contribution in [3.63, 3.8) is 0 Å². The van der Waals surface area contributed by atoms with E-state index in [4.69, 9.17) is 13.4 Å². The van der Waals surface area contributed by atoms with Gasteiger partial charge in [0.05, 0.1) is 6.54 Å². The number of rotatable bonds is 7. The predicted molar refractivity (Wildman–Crippen MR) is 167 cm³/mol. The van der Waals surface area contributed by atoms with Crippen molar-refractivity contribution in [2.45, 2.75) is 25.1 Å². The van der Waals surface area contributed by atoms with E-state index in [1.165, 1.54) is 0 Å². The molecule has 8 nitrogen and oxygen atoms in total. The van der Waals surface area contributed by atoms with Gasteiger partial charge < -0.3 is 9.15 Å². The monoisotopic (exact) mass is 595 g/mol.